The summed E-state index contributed by atoms with van der Waals surface area (Å²) in [7, 11) is 4.18. The van der Waals surface area contributed by atoms with E-state index in [9.17, 15) is 0 Å². The molecule has 0 fully saturated rings. The van der Waals surface area contributed by atoms with Gasteiger partial charge in [-0.05, 0) is 44.6 Å². The second-order valence-corrected chi connectivity index (χ2v) is 3.95. The molecule has 0 aliphatic carbocycles. The summed E-state index contributed by atoms with van der Waals surface area (Å²) in [5.74, 6) is 0. The van der Waals surface area contributed by atoms with Crippen LogP contribution in [0.5, 0.6) is 0 Å². The Morgan fingerprint density at radius 3 is 2.57 bits per heavy atom. The van der Waals surface area contributed by atoms with Crippen LogP contribution in [0.4, 0.5) is 0 Å². The van der Waals surface area contributed by atoms with Gasteiger partial charge in [0.25, 0.3) is 0 Å². The van der Waals surface area contributed by atoms with Crippen molar-refractivity contribution < 1.29 is 0 Å². The number of hydrogen-bond acceptors (Lipinski definition) is 2. The molecule has 0 saturated carbocycles. The molecule has 78 valence electrons. The molecule has 0 amide bonds. The van der Waals surface area contributed by atoms with Crippen LogP contribution in [-0.4, -0.2) is 25.5 Å². The lowest BCUT2D eigenvalue weighted by Gasteiger charge is -2.10. The van der Waals surface area contributed by atoms with E-state index in [1.807, 2.05) is 0 Å². The molecule has 1 aromatic rings. The van der Waals surface area contributed by atoms with Crippen LogP contribution < -0.4 is 5.73 Å². The van der Waals surface area contributed by atoms with Gasteiger partial charge in [-0.25, -0.2) is 0 Å². The van der Waals surface area contributed by atoms with E-state index < -0.39 is 0 Å². The van der Waals surface area contributed by atoms with Crippen molar-refractivity contribution in [3.63, 3.8) is 0 Å². The van der Waals surface area contributed by atoms with Gasteiger partial charge in [-0.15, -0.1) is 0 Å². The highest BCUT2D eigenvalue weighted by Crippen LogP contribution is 2.08. The summed E-state index contributed by atoms with van der Waals surface area (Å²) < 4.78 is 0. The minimum Gasteiger partial charge on any atom is -0.330 e. The second-order valence-electron chi connectivity index (χ2n) is 3.95. The highest BCUT2D eigenvalue weighted by Gasteiger charge is 1.97. The molecule has 1 aromatic carbocycles. The summed E-state index contributed by atoms with van der Waals surface area (Å²) >= 11 is 0. The maximum atomic E-state index is 5.49. The van der Waals surface area contributed by atoms with E-state index in [4.69, 9.17) is 5.73 Å². The lowest BCUT2D eigenvalue weighted by atomic mass is 10.1. The van der Waals surface area contributed by atoms with Crippen LogP contribution in [0, 0.1) is 0 Å². The van der Waals surface area contributed by atoms with E-state index in [2.05, 4.69) is 43.3 Å². The SMILES string of the molecule is CN(C)Cc1cccc(CCCN)c1. The third-order valence-corrected chi connectivity index (χ3v) is 2.16. The fraction of sp³-hybridized carbons (Fsp3) is 0.500. The monoisotopic (exact) mass is 192 g/mol. The summed E-state index contributed by atoms with van der Waals surface area (Å²) in [6.07, 6.45) is 2.17. The summed E-state index contributed by atoms with van der Waals surface area (Å²) in [4.78, 5) is 2.18. The molecule has 14 heavy (non-hydrogen) atoms. The number of aryl methyl sites for hydroxylation is 1. The van der Waals surface area contributed by atoms with Crippen molar-refractivity contribution in [2.24, 2.45) is 5.73 Å². The zero-order valence-electron chi connectivity index (χ0n) is 9.16. The van der Waals surface area contributed by atoms with Crippen molar-refractivity contribution in [3.05, 3.63) is 35.4 Å². The van der Waals surface area contributed by atoms with Crippen LogP contribution >= 0.6 is 0 Å². The molecule has 2 heteroatoms. The fourth-order valence-corrected chi connectivity index (χ4v) is 1.55. The van der Waals surface area contributed by atoms with Gasteiger partial charge in [-0.3, -0.25) is 0 Å². The first-order valence-electron chi connectivity index (χ1n) is 5.15. The Morgan fingerprint density at radius 1 is 1.21 bits per heavy atom. The van der Waals surface area contributed by atoms with Crippen LogP contribution in [0.1, 0.15) is 17.5 Å². The lowest BCUT2D eigenvalue weighted by molar-refractivity contribution is 0.402. The molecule has 0 radical (unpaired) electrons. The molecular weight excluding hydrogens is 172 g/mol. The molecular formula is C12H20N2. The molecule has 0 heterocycles. The molecule has 1 rings (SSSR count). The summed E-state index contributed by atoms with van der Waals surface area (Å²) in [5.41, 5.74) is 8.26. The smallest absolute Gasteiger partial charge is 0.0227 e. The van der Waals surface area contributed by atoms with Crippen molar-refractivity contribution >= 4 is 0 Å². The average molecular weight is 192 g/mol. The standard InChI is InChI=1S/C12H20N2/c1-14(2)10-12-6-3-5-11(9-12)7-4-8-13/h3,5-6,9H,4,7-8,10,13H2,1-2H3. The predicted molar refractivity (Wildman–Crippen MR) is 61.2 cm³/mol. The highest BCUT2D eigenvalue weighted by atomic mass is 15.0. The number of nitrogens with two attached hydrogens (primary N) is 1. The van der Waals surface area contributed by atoms with Gasteiger partial charge in [0.15, 0.2) is 0 Å². The zero-order chi connectivity index (χ0) is 10.4. The quantitative estimate of drug-likeness (QED) is 0.768. The van der Waals surface area contributed by atoms with E-state index >= 15 is 0 Å². The number of benzene rings is 1. The second kappa shape index (κ2) is 5.78. The summed E-state index contributed by atoms with van der Waals surface area (Å²) in [6, 6.07) is 8.75. The van der Waals surface area contributed by atoms with E-state index in [0.29, 0.717) is 0 Å². The number of rotatable bonds is 5. The Labute approximate surface area is 86.7 Å². The minimum absolute atomic E-state index is 0.776. The normalized spacial score (nSPS) is 10.9. The van der Waals surface area contributed by atoms with Gasteiger partial charge in [0.2, 0.25) is 0 Å². The van der Waals surface area contributed by atoms with Gasteiger partial charge in [0.1, 0.15) is 0 Å². The Morgan fingerprint density at radius 2 is 1.93 bits per heavy atom. The average Bonchev–Trinajstić information content (AvgIpc) is 2.14. The summed E-state index contributed by atoms with van der Waals surface area (Å²) in [6.45, 7) is 1.79. The van der Waals surface area contributed by atoms with E-state index in [1.165, 1.54) is 11.1 Å². The Kier molecular flexibility index (Phi) is 4.63. The molecule has 0 saturated heterocycles. The maximum absolute atomic E-state index is 5.49. The molecule has 2 nitrogen and oxygen atoms in total. The van der Waals surface area contributed by atoms with E-state index in [0.717, 1.165) is 25.9 Å². The van der Waals surface area contributed by atoms with Crippen LogP contribution in [-0.2, 0) is 13.0 Å². The maximum Gasteiger partial charge on any atom is 0.0227 e. The van der Waals surface area contributed by atoms with Crippen LogP contribution in [0.15, 0.2) is 24.3 Å². The Bertz CT molecular complexity index is 269. The molecule has 0 atom stereocenters. The highest BCUT2D eigenvalue weighted by molar-refractivity contribution is 5.23. The zero-order valence-corrected chi connectivity index (χ0v) is 9.16. The van der Waals surface area contributed by atoms with Crippen LogP contribution in [0.25, 0.3) is 0 Å². The molecule has 0 bridgehead atoms. The van der Waals surface area contributed by atoms with Gasteiger partial charge in [-0.2, -0.15) is 0 Å². The summed E-state index contributed by atoms with van der Waals surface area (Å²) in [5, 5.41) is 0. The van der Waals surface area contributed by atoms with Gasteiger partial charge in [-0.1, -0.05) is 24.3 Å². The Balaban J connectivity index is 2.59. The van der Waals surface area contributed by atoms with Crippen molar-refractivity contribution in [2.45, 2.75) is 19.4 Å². The van der Waals surface area contributed by atoms with Crippen LogP contribution in [0.2, 0.25) is 0 Å². The van der Waals surface area contributed by atoms with Crippen molar-refractivity contribution in [1.82, 2.24) is 4.90 Å². The minimum atomic E-state index is 0.776. The number of hydrogen-bond donors (Lipinski definition) is 1. The lowest BCUT2D eigenvalue weighted by Crippen LogP contribution is -2.10. The van der Waals surface area contributed by atoms with E-state index in [-0.39, 0.29) is 0 Å². The molecule has 0 unspecified atom stereocenters. The Hall–Kier alpha value is -0.860. The third kappa shape index (κ3) is 3.90. The molecule has 0 spiro atoms. The van der Waals surface area contributed by atoms with E-state index in [1.54, 1.807) is 0 Å². The predicted octanol–water partition coefficient (Wildman–Crippen LogP) is 1.64. The van der Waals surface area contributed by atoms with Crippen molar-refractivity contribution in [2.75, 3.05) is 20.6 Å². The van der Waals surface area contributed by atoms with Gasteiger partial charge in [0, 0.05) is 6.54 Å². The third-order valence-electron chi connectivity index (χ3n) is 2.16. The molecule has 0 aliphatic rings. The van der Waals surface area contributed by atoms with Gasteiger partial charge in [0.05, 0.1) is 0 Å². The molecule has 0 aromatic heterocycles. The molecule has 0 aliphatic heterocycles. The fourth-order valence-electron chi connectivity index (χ4n) is 1.55. The topological polar surface area (TPSA) is 29.3 Å². The first kappa shape index (κ1) is 11.2. The first-order valence-corrected chi connectivity index (χ1v) is 5.15. The first-order chi connectivity index (χ1) is 6.72. The number of nitrogens with zero attached hydrogens (tertiary/aromatic N) is 1. The van der Waals surface area contributed by atoms with Crippen LogP contribution in [0.3, 0.4) is 0 Å². The van der Waals surface area contributed by atoms with Gasteiger partial charge >= 0.3 is 0 Å². The molecule has 2 N–H and O–H groups in total. The van der Waals surface area contributed by atoms with Crippen molar-refractivity contribution in [3.8, 4) is 0 Å². The largest absolute Gasteiger partial charge is 0.330 e. The van der Waals surface area contributed by atoms with Gasteiger partial charge < -0.3 is 10.6 Å². The van der Waals surface area contributed by atoms with Crippen molar-refractivity contribution in [1.29, 1.82) is 0 Å².